The summed E-state index contributed by atoms with van der Waals surface area (Å²) < 4.78 is 6.73. The van der Waals surface area contributed by atoms with E-state index >= 15 is 0 Å². The highest BCUT2D eigenvalue weighted by Gasteiger charge is 2.21. The van der Waals surface area contributed by atoms with Crippen molar-refractivity contribution in [2.75, 3.05) is 0 Å². The molecule has 4 heteroatoms. The highest BCUT2D eigenvalue weighted by molar-refractivity contribution is 6.21. The monoisotopic (exact) mass is 651 g/mol. The van der Waals surface area contributed by atoms with Gasteiger partial charge >= 0.3 is 0 Å². The van der Waals surface area contributed by atoms with Crippen LogP contribution >= 0.6 is 0 Å². The Hall–Kier alpha value is -6.91. The van der Waals surface area contributed by atoms with Crippen LogP contribution in [0.3, 0.4) is 0 Å². The van der Waals surface area contributed by atoms with Crippen LogP contribution < -0.4 is 0 Å². The number of hydrogen-bond donors (Lipinski definition) is 0. The summed E-state index contributed by atoms with van der Waals surface area (Å²) in [5, 5.41) is 6.57. The van der Waals surface area contributed by atoms with Gasteiger partial charge in [-0.1, -0.05) is 158 Å². The summed E-state index contributed by atoms with van der Waals surface area (Å²) >= 11 is 0. The van der Waals surface area contributed by atoms with Crippen molar-refractivity contribution in [1.82, 2.24) is 15.0 Å². The van der Waals surface area contributed by atoms with Crippen LogP contribution in [0.2, 0.25) is 0 Å². The summed E-state index contributed by atoms with van der Waals surface area (Å²) in [5.41, 5.74) is 8.99. The Kier molecular flexibility index (Phi) is 6.78. The van der Waals surface area contributed by atoms with Gasteiger partial charge in [-0.05, 0) is 56.6 Å². The number of hydrogen-bond acceptors (Lipinski definition) is 4. The van der Waals surface area contributed by atoms with E-state index < -0.39 is 0 Å². The number of rotatable bonds is 5. The van der Waals surface area contributed by atoms with E-state index in [1.807, 2.05) is 36.4 Å². The average Bonchev–Trinajstić information content (AvgIpc) is 3.60. The molecule has 0 saturated heterocycles. The molecule has 10 aromatic rings. The van der Waals surface area contributed by atoms with Crippen LogP contribution in [-0.4, -0.2) is 15.0 Å². The quantitative estimate of drug-likeness (QED) is 0.186. The van der Waals surface area contributed by atoms with Crippen molar-refractivity contribution >= 4 is 43.5 Å². The molecule has 2 aromatic heterocycles. The van der Waals surface area contributed by atoms with E-state index in [-0.39, 0.29) is 0 Å². The van der Waals surface area contributed by atoms with Gasteiger partial charge in [-0.3, -0.25) is 0 Å². The van der Waals surface area contributed by atoms with Gasteiger partial charge in [-0.15, -0.1) is 0 Å². The minimum Gasteiger partial charge on any atom is -0.455 e. The van der Waals surface area contributed by atoms with Crippen LogP contribution in [0.4, 0.5) is 0 Å². The SMILES string of the molecule is c1ccc(-c2ccc3c(c2)oc2c4ccccc4cc(-c4nc(-c5ccccc5)nc(-c5ccc(-c6cccc7ccccc67)cc5)n4)c32)cc1. The van der Waals surface area contributed by atoms with E-state index in [4.69, 9.17) is 19.4 Å². The number of benzene rings is 8. The van der Waals surface area contributed by atoms with Crippen molar-refractivity contribution in [2.24, 2.45) is 0 Å². The second-order valence-corrected chi connectivity index (χ2v) is 12.8. The van der Waals surface area contributed by atoms with Crippen LogP contribution in [0.1, 0.15) is 0 Å². The van der Waals surface area contributed by atoms with E-state index in [1.54, 1.807) is 0 Å². The van der Waals surface area contributed by atoms with Gasteiger partial charge in [0.1, 0.15) is 11.2 Å². The summed E-state index contributed by atoms with van der Waals surface area (Å²) in [6.45, 7) is 0. The highest BCUT2D eigenvalue weighted by Crippen LogP contribution is 2.42. The molecule has 4 nitrogen and oxygen atoms in total. The first kappa shape index (κ1) is 29.0. The van der Waals surface area contributed by atoms with Crippen molar-refractivity contribution in [3.8, 4) is 56.4 Å². The average molecular weight is 652 g/mol. The van der Waals surface area contributed by atoms with Gasteiger partial charge in [0.05, 0.1) is 0 Å². The molecule has 0 radical (unpaired) electrons. The molecule has 0 unspecified atom stereocenters. The molecule has 0 bridgehead atoms. The summed E-state index contributed by atoms with van der Waals surface area (Å²) in [4.78, 5) is 15.4. The molecule has 0 aliphatic heterocycles. The van der Waals surface area contributed by atoms with Crippen molar-refractivity contribution in [3.63, 3.8) is 0 Å². The molecule has 0 atom stereocenters. The molecule has 0 aliphatic rings. The molecule has 0 fully saturated rings. The maximum atomic E-state index is 6.73. The Labute approximate surface area is 294 Å². The number of nitrogens with zero attached hydrogens (tertiary/aromatic N) is 3. The molecule has 238 valence electrons. The first-order chi connectivity index (χ1) is 25.3. The molecule has 51 heavy (non-hydrogen) atoms. The molecule has 0 saturated carbocycles. The Morgan fingerprint density at radius 1 is 0.333 bits per heavy atom. The third-order valence-corrected chi connectivity index (χ3v) is 9.72. The number of fused-ring (bicyclic) bond motifs is 6. The second-order valence-electron chi connectivity index (χ2n) is 12.8. The van der Waals surface area contributed by atoms with Gasteiger partial charge in [0.2, 0.25) is 0 Å². The standard InChI is InChI=1S/C47H29N3O/c1-3-12-30(13-4-1)35-26-27-40-42(29-35)51-44-39-20-10-8-17-36(39)28-41(43(40)44)47-49-45(33-15-5-2-6-16-33)48-46(50-47)34-24-22-32(23-25-34)38-21-11-18-31-14-7-9-19-37(31)38/h1-29H. The summed E-state index contributed by atoms with van der Waals surface area (Å²) in [6, 6.07) is 61.0. The Balaban J connectivity index is 1.18. The lowest BCUT2D eigenvalue weighted by Gasteiger charge is -2.11. The van der Waals surface area contributed by atoms with E-state index in [0.717, 1.165) is 66.1 Å². The zero-order valence-corrected chi connectivity index (χ0v) is 27.5. The van der Waals surface area contributed by atoms with Gasteiger partial charge in [0, 0.05) is 32.8 Å². The lowest BCUT2D eigenvalue weighted by Crippen LogP contribution is -2.00. The molecule has 0 spiro atoms. The topological polar surface area (TPSA) is 51.8 Å². The molecule has 0 N–H and O–H groups in total. The molecule has 0 amide bonds. The predicted molar refractivity (Wildman–Crippen MR) is 209 cm³/mol. The normalized spacial score (nSPS) is 11.5. The number of furan rings is 1. The Bertz CT molecular complexity index is 2890. The number of aromatic nitrogens is 3. The van der Waals surface area contributed by atoms with Crippen LogP contribution in [0.25, 0.3) is 99.9 Å². The smallest absolute Gasteiger partial charge is 0.164 e. The largest absolute Gasteiger partial charge is 0.455 e. The predicted octanol–water partition coefficient (Wildman–Crippen LogP) is 12.4. The van der Waals surface area contributed by atoms with Gasteiger partial charge < -0.3 is 4.42 Å². The minimum absolute atomic E-state index is 0.600. The third kappa shape index (κ3) is 5.04. The van der Waals surface area contributed by atoms with Gasteiger partial charge in [0.25, 0.3) is 0 Å². The third-order valence-electron chi connectivity index (χ3n) is 9.72. The van der Waals surface area contributed by atoms with E-state index in [1.165, 1.54) is 16.3 Å². The van der Waals surface area contributed by atoms with Crippen LogP contribution in [0, 0.1) is 0 Å². The zero-order valence-electron chi connectivity index (χ0n) is 27.5. The van der Waals surface area contributed by atoms with Crippen molar-refractivity contribution in [3.05, 3.63) is 176 Å². The van der Waals surface area contributed by atoms with E-state index in [9.17, 15) is 0 Å². The van der Waals surface area contributed by atoms with E-state index in [2.05, 4.69) is 140 Å². The summed E-state index contributed by atoms with van der Waals surface area (Å²) in [5.74, 6) is 1.83. The van der Waals surface area contributed by atoms with Crippen LogP contribution in [-0.2, 0) is 0 Å². The lowest BCUT2D eigenvalue weighted by atomic mass is 9.97. The molecular formula is C47H29N3O. The highest BCUT2D eigenvalue weighted by atomic mass is 16.3. The fourth-order valence-corrected chi connectivity index (χ4v) is 7.22. The van der Waals surface area contributed by atoms with Gasteiger partial charge in [-0.25, -0.2) is 15.0 Å². The molecule has 10 rings (SSSR count). The minimum atomic E-state index is 0.600. The molecule has 2 heterocycles. The zero-order chi connectivity index (χ0) is 33.7. The maximum absolute atomic E-state index is 6.73. The van der Waals surface area contributed by atoms with Crippen molar-refractivity contribution < 1.29 is 4.42 Å². The Morgan fingerprint density at radius 2 is 0.902 bits per heavy atom. The van der Waals surface area contributed by atoms with E-state index in [0.29, 0.717) is 17.5 Å². The van der Waals surface area contributed by atoms with Crippen LogP contribution in [0.15, 0.2) is 180 Å². The Morgan fingerprint density at radius 3 is 1.67 bits per heavy atom. The first-order valence-electron chi connectivity index (χ1n) is 17.1. The van der Waals surface area contributed by atoms with Crippen molar-refractivity contribution in [1.29, 1.82) is 0 Å². The van der Waals surface area contributed by atoms with Crippen LogP contribution in [0.5, 0.6) is 0 Å². The fraction of sp³-hybridized carbons (Fsp3) is 0. The molecule has 8 aromatic carbocycles. The first-order valence-corrected chi connectivity index (χ1v) is 17.1. The lowest BCUT2D eigenvalue weighted by molar-refractivity contribution is 0.673. The van der Waals surface area contributed by atoms with Crippen molar-refractivity contribution in [2.45, 2.75) is 0 Å². The summed E-state index contributed by atoms with van der Waals surface area (Å²) in [6.07, 6.45) is 0. The summed E-state index contributed by atoms with van der Waals surface area (Å²) in [7, 11) is 0. The second kappa shape index (κ2) is 11.9. The fourth-order valence-electron chi connectivity index (χ4n) is 7.22. The van der Waals surface area contributed by atoms with Gasteiger partial charge in [-0.2, -0.15) is 0 Å². The van der Waals surface area contributed by atoms with Gasteiger partial charge in [0.15, 0.2) is 17.5 Å². The molecular weight excluding hydrogens is 623 g/mol. The maximum Gasteiger partial charge on any atom is 0.164 e. The molecule has 0 aliphatic carbocycles.